The molecule has 6 aromatic rings. The van der Waals surface area contributed by atoms with Crippen LogP contribution in [0.15, 0.2) is 164 Å². The summed E-state index contributed by atoms with van der Waals surface area (Å²) in [6.07, 6.45) is -1.91. The summed E-state index contributed by atoms with van der Waals surface area (Å²) in [5, 5.41) is 15.5. The molecule has 6 bridgehead atoms. The lowest BCUT2D eigenvalue weighted by Crippen LogP contribution is -2.46. The first kappa shape index (κ1) is 50.4. The van der Waals surface area contributed by atoms with Crippen LogP contribution >= 0.6 is 0 Å². The Hall–Kier alpha value is -9.45. The molecule has 0 unspecified atom stereocenters. The Labute approximate surface area is 412 Å². The zero-order valence-corrected chi connectivity index (χ0v) is 38.5. The summed E-state index contributed by atoms with van der Waals surface area (Å²) in [5.74, 6) is -7.68. The molecule has 18 nitrogen and oxygen atoms in total. The Morgan fingerprint density at radius 1 is 0.347 bits per heavy atom. The van der Waals surface area contributed by atoms with Crippen molar-refractivity contribution >= 4 is 70.4 Å². The van der Waals surface area contributed by atoms with E-state index < -0.39 is 90.7 Å². The van der Waals surface area contributed by atoms with E-state index in [2.05, 4.69) is 31.9 Å². The van der Waals surface area contributed by atoms with Crippen molar-refractivity contribution in [2.75, 3.05) is 16.0 Å². The van der Waals surface area contributed by atoms with E-state index in [9.17, 15) is 43.2 Å². The van der Waals surface area contributed by atoms with E-state index >= 15 is 0 Å². The summed E-state index contributed by atoms with van der Waals surface area (Å²) in [5.41, 5.74) is 2.01. The number of hydrogen-bond acceptors (Lipinski definition) is 12. The van der Waals surface area contributed by atoms with Gasteiger partial charge in [-0.25, -0.2) is 0 Å². The Kier molecular flexibility index (Phi) is 17.3. The molecule has 6 aromatic carbocycles. The second-order valence-electron chi connectivity index (χ2n) is 16.3. The second kappa shape index (κ2) is 24.7. The first-order chi connectivity index (χ1) is 34.8. The van der Waals surface area contributed by atoms with Gasteiger partial charge in [0.25, 0.3) is 17.7 Å². The molecule has 3 atom stereocenters. The quantitative estimate of drug-likeness (QED) is 0.0647. The highest BCUT2D eigenvalue weighted by Gasteiger charge is 2.30. The molecule has 0 aromatic heterocycles. The normalized spacial score (nSPS) is 16.4. The lowest BCUT2D eigenvalue weighted by Gasteiger charge is -2.21. The number of benzene rings is 6. The fourth-order valence-electron chi connectivity index (χ4n) is 7.15. The maximum Gasteiger partial charge on any atom is 0.308 e. The molecule has 0 fully saturated rings. The molecule has 72 heavy (non-hydrogen) atoms. The summed E-state index contributed by atoms with van der Waals surface area (Å²) in [4.78, 5) is 123. The van der Waals surface area contributed by atoms with Gasteiger partial charge in [0.1, 0.15) is 37.9 Å². The number of carbonyl (C=O) groups is 9. The van der Waals surface area contributed by atoms with Crippen molar-refractivity contribution in [2.45, 2.75) is 57.2 Å². The standard InChI is InChI=1S/C54H48N6O12/c61-46(70-31-34-13-4-1-5-14-34)28-43-52(67)55-40-22-11-20-38(26-40)50(65)59-45(30-48(63)72-33-36-17-8-3-9-18-36)54(69)57-42-24-12-21-39(27-42)51(66)60-44(29-47(62)71-32-35-15-6-2-7-16-35)53(68)56-41-23-10-19-37(25-41)49(64)58-43/h1-27,43-45H,28-33H2,(H,55,67)(H,56,68)(H,57,69)(H,58,64)(H,59,65)(H,60,66)/t43-,44-,45-/m0/s1. The maximum absolute atomic E-state index is 14.0. The van der Waals surface area contributed by atoms with E-state index in [0.717, 1.165) is 0 Å². The smallest absolute Gasteiger partial charge is 0.308 e. The van der Waals surface area contributed by atoms with Gasteiger partial charge < -0.3 is 46.1 Å². The first-order valence-electron chi connectivity index (χ1n) is 22.6. The average Bonchev–Trinajstić information content (AvgIpc) is 3.39. The lowest BCUT2D eigenvalue weighted by molar-refractivity contribution is -0.147. The van der Waals surface area contributed by atoms with Gasteiger partial charge in [0.05, 0.1) is 19.3 Å². The van der Waals surface area contributed by atoms with Crippen molar-refractivity contribution in [2.24, 2.45) is 0 Å². The topological polar surface area (TPSA) is 253 Å². The largest absolute Gasteiger partial charge is 0.461 e. The maximum atomic E-state index is 14.0. The van der Waals surface area contributed by atoms with E-state index in [0.29, 0.717) is 16.7 Å². The van der Waals surface area contributed by atoms with Crippen LogP contribution in [0.3, 0.4) is 0 Å². The number of fused-ring (bicyclic) bond motifs is 6. The van der Waals surface area contributed by atoms with Gasteiger partial charge in [0.15, 0.2) is 0 Å². The van der Waals surface area contributed by atoms with Gasteiger partial charge in [0.2, 0.25) is 17.7 Å². The molecule has 0 spiro atoms. The molecule has 7 rings (SSSR count). The Bertz CT molecular complexity index is 2640. The van der Waals surface area contributed by atoms with Gasteiger partial charge >= 0.3 is 17.9 Å². The minimum Gasteiger partial charge on any atom is -0.461 e. The molecule has 18 heteroatoms. The van der Waals surface area contributed by atoms with Crippen LogP contribution in [0.5, 0.6) is 0 Å². The van der Waals surface area contributed by atoms with Crippen LogP contribution in [0.2, 0.25) is 0 Å². The van der Waals surface area contributed by atoms with E-state index in [1.165, 1.54) is 72.8 Å². The number of amides is 6. The summed E-state index contributed by atoms with van der Waals surface area (Å²) in [6, 6.07) is 38.3. The monoisotopic (exact) mass is 972 g/mol. The van der Waals surface area contributed by atoms with Crippen LogP contribution in [0.25, 0.3) is 0 Å². The van der Waals surface area contributed by atoms with E-state index in [1.54, 1.807) is 91.0 Å². The predicted molar refractivity (Wildman–Crippen MR) is 262 cm³/mol. The van der Waals surface area contributed by atoms with E-state index in [1.807, 2.05) is 0 Å². The minimum atomic E-state index is -1.56. The predicted octanol–water partition coefficient (Wildman–Crippen LogP) is 5.61. The van der Waals surface area contributed by atoms with Crippen LogP contribution in [0.4, 0.5) is 17.1 Å². The number of hydrogen-bond donors (Lipinski definition) is 6. The number of rotatable bonds is 12. The molecule has 0 saturated carbocycles. The summed E-state index contributed by atoms with van der Waals surface area (Å²) < 4.78 is 16.3. The third-order valence-corrected chi connectivity index (χ3v) is 10.9. The average molecular weight is 973 g/mol. The van der Waals surface area contributed by atoms with Crippen LogP contribution in [0.1, 0.15) is 67.0 Å². The molecule has 366 valence electrons. The van der Waals surface area contributed by atoms with Gasteiger partial charge in [-0.3, -0.25) is 43.2 Å². The summed E-state index contributed by atoms with van der Waals surface area (Å²) >= 11 is 0. The zero-order valence-electron chi connectivity index (χ0n) is 38.5. The summed E-state index contributed by atoms with van der Waals surface area (Å²) in [6.45, 7) is -0.367. The molecule has 0 aliphatic carbocycles. The highest BCUT2D eigenvalue weighted by atomic mass is 16.5. The number of anilines is 3. The van der Waals surface area contributed by atoms with Gasteiger partial charge in [-0.15, -0.1) is 0 Å². The molecule has 6 N–H and O–H groups in total. The molecule has 0 saturated heterocycles. The lowest BCUT2D eigenvalue weighted by atomic mass is 10.1. The molecular formula is C54H48N6O12. The van der Waals surface area contributed by atoms with Crippen molar-refractivity contribution < 1.29 is 57.4 Å². The Morgan fingerprint density at radius 3 is 0.875 bits per heavy atom. The van der Waals surface area contributed by atoms with E-state index in [4.69, 9.17) is 14.2 Å². The Morgan fingerprint density at radius 2 is 0.611 bits per heavy atom. The van der Waals surface area contributed by atoms with Crippen LogP contribution in [-0.4, -0.2) is 71.5 Å². The SMILES string of the molecule is O=C(C[C@@H]1NC(=O)c2cccc(c2)NC(=O)[C@H](CC(=O)OCc2ccccc2)NC(=O)c2cccc(c2)NC(=O)[C@H](CC(=O)OCc2ccccc2)NC(=O)c2cccc(c2)NC1=O)OCc1ccccc1. The summed E-state index contributed by atoms with van der Waals surface area (Å²) in [7, 11) is 0. The van der Waals surface area contributed by atoms with Crippen LogP contribution < -0.4 is 31.9 Å². The molecular weight excluding hydrogens is 925 g/mol. The van der Waals surface area contributed by atoms with Crippen molar-refractivity contribution in [1.82, 2.24) is 16.0 Å². The third-order valence-electron chi connectivity index (χ3n) is 10.9. The van der Waals surface area contributed by atoms with Crippen LogP contribution in [0, 0.1) is 0 Å². The van der Waals surface area contributed by atoms with Crippen molar-refractivity contribution in [3.05, 3.63) is 197 Å². The first-order valence-corrected chi connectivity index (χ1v) is 22.6. The molecule has 0 radical (unpaired) electrons. The van der Waals surface area contributed by atoms with Crippen LogP contribution in [-0.2, 0) is 62.8 Å². The fraction of sp³-hybridized carbons (Fsp3) is 0.167. The number of ether oxygens (including phenoxy) is 3. The van der Waals surface area contributed by atoms with Gasteiger partial charge in [-0.2, -0.15) is 0 Å². The fourth-order valence-corrected chi connectivity index (χ4v) is 7.15. The van der Waals surface area contributed by atoms with Crippen molar-refractivity contribution in [3.8, 4) is 0 Å². The molecule has 6 amide bonds. The molecule has 1 heterocycles. The van der Waals surface area contributed by atoms with Gasteiger partial charge in [-0.05, 0) is 71.3 Å². The molecule has 1 aliphatic heterocycles. The third kappa shape index (κ3) is 15.0. The van der Waals surface area contributed by atoms with Crippen molar-refractivity contribution in [3.63, 3.8) is 0 Å². The van der Waals surface area contributed by atoms with Crippen molar-refractivity contribution in [1.29, 1.82) is 0 Å². The minimum absolute atomic E-state index is 0.0561. The van der Waals surface area contributed by atoms with Gasteiger partial charge in [0, 0.05) is 33.8 Å². The number of carbonyl (C=O) groups excluding carboxylic acids is 9. The van der Waals surface area contributed by atoms with Gasteiger partial charge in [-0.1, -0.05) is 109 Å². The van der Waals surface area contributed by atoms with E-state index in [-0.39, 0.29) is 53.6 Å². The highest BCUT2D eigenvalue weighted by Crippen LogP contribution is 2.18. The second-order valence-corrected chi connectivity index (χ2v) is 16.3. The number of nitrogens with one attached hydrogen (secondary N) is 6. The zero-order chi connectivity index (χ0) is 50.8. The Balaban J connectivity index is 1.19. The number of esters is 3. The highest BCUT2D eigenvalue weighted by molar-refractivity contribution is 6.07. The molecule has 1 aliphatic rings.